The highest BCUT2D eigenvalue weighted by Gasteiger charge is 2.14. The smallest absolute Gasteiger partial charge is 0.338 e. The van der Waals surface area contributed by atoms with Crippen LogP contribution in [0.15, 0.2) is 97.1 Å². The maximum Gasteiger partial charge on any atom is 0.338 e. The van der Waals surface area contributed by atoms with Crippen molar-refractivity contribution < 1.29 is 28.5 Å². The summed E-state index contributed by atoms with van der Waals surface area (Å²) in [5.41, 5.74) is 5.05. The molecule has 0 spiro atoms. The topological polar surface area (TPSA) is 71.1 Å². The number of ether oxygens (including phenoxy) is 4. The Kier molecular flexibility index (Phi) is 11.1. The Morgan fingerprint density at radius 3 is 1.25 bits per heavy atom. The predicted molar refractivity (Wildman–Crippen MR) is 172 cm³/mol. The summed E-state index contributed by atoms with van der Waals surface area (Å²) in [6, 6.07) is 30.8. The van der Waals surface area contributed by atoms with Crippen molar-refractivity contribution in [3.63, 3.8) is 0 Å². The van der Waals surface area contributed by atoms with Gasteiger partial charge in [-0.1, -0.05) is 74.2 Å². The van der Waals surface area contributed by atoms with Gasteiger partial charge in [-0.15, -0.1) is 0 Å². The van der Waals surface area contributed by atoms with Gasteiger partial charge in [0.2, 0.25) is 0 Å². The van der Waals surface area contributed by atoms with Gasteiger partial charge in [0.25, 0.3) is 0 Å². The molecule has 0 unspecified atom stereocenters. The van der Waals surface area contributed by atoms with Gasteiger partial charge >= 0.3 is 11.9 Å². The van der Waals surface area contributed by atoms with Crippen molar-refractivity contribution in [2.24, 2.45) is 0 Å². The van der Waals surface area contributed by atoms with E-state index in [-0.39, 0.29) is 6.61 Å². The fraction of sp³-hybridized carbons (Fsp3) is 0.316. The van der Waals surface area contributed by atoms with Gasteiger partial charge in [-0.05, 0) is 90.6 Å². The van der Waals surface area contributed by atoms with Crippen molar-refractivity contribution >= 4 is 11.9 Å². The van der Waals surface area contributed by atoms with Gasteiger partial charge in [0.1, 0.15) is 17.6 Å². The van der Waals surface area contributed by atoms with E-state index in [1.807, 2.05) is 72.8 Å². The zero-order valence-corrected chi connectivity index (χ0v) is 25.3. The van der Waals surface area contributed by atoms with E-state index < -0.39 is 18.0 Å². The molecule has 4 aromatic rings. The van der Waals surface area contributed by atoms with Gasteiger partial charge in [0.05, 0.1) is 30.9 Å². The average molecular weight is 593 g/mol. The molecular formula is C38H40O6. The van der Waals surface area contributed by atoms with Crippen LogP contribution in [0.4, 0.5) is 0 Å². The normalized spacial score (nSPS) is 17.3. The summed E-state index contributed by atoms with van der Waals surface area (Å²) in [5.74, 6) is 0.905. The first-order valence-electron chi connectivity index (χ1n) is 15.6. The molecule has 0 radical (unpaired) electrons. The van der Waals surface area contributed by atoms with Crippen LogP contribution in [0.25, 0.3) is 22.3 Å². The quantitative estimate of drug-likeness (QED) is 0.190. The van der Waals surface area contributed by atoms with Crippen molar-refractivity contribution in [2.75, 3.05) is 19.8 Å². The Bertz CT molecular complexity index is 1470. The van der Waals surface area contributed by atoms with Crippen LogP contribution in [0.2, 0.25) is 0 Å². The van der Waals surface area contributed by atoms with Crippen LogP contribution >= 0.6 is 0 Å². The number of hydrogen-bond donors (Lipinski definition) is 0. The van der Waals surface area contributed by atoms with Gasteiger partial charge in [0.15, 0.2) is 0 Å². The van der Waals surface area contributed by atoms with E-state index in [1.54, 1.807) is 31.2 Å². The lowest BCUT2D eigenvalue weighted by Gasteiger charge is -2.14. The standard InChI is InChI=1S/C38H40O6/c1-28-24-27-43-37(39)33-12-8-29(9-13-33)31-16-20-35(21-17-31)41-25-6-4-2-3-5-7-26-42-36-22-18-32(19-23-36)30-10-14-34(15-11-30)38(40)44-28/h8-23,28H,2-7,24-27H2,1H3/t28-/m1/s1. The molecule has 0 aromatic heterocycles. The van der Waals surface area contributed by atoms with Crippen LogP contribution < -0.4 is 9.47 Å². The summed E-state index contributed by atoms with van der Waals surface area (Å²) in [5, 5.41) is 0. The highest BCUT2D eigenvalue weighted by molar-refractivity contribution is 5.91. The van der Waals surface area contributed by atoms with Crippen molar-refractivity contribution in [2.45, 2.75) is 58.0 Å². The van der Waals surface area contributed by atoms with Crippen molar-refractivity contribution in [1.82, 2.24) is 0 Å². The molecule has 8 bridgehead atoms. The monoisotopic (exact) mass is 592 g/mol. The lowest BCUT2D eigenvalue weighted by molar-refractivity contribution is 0.0228. The van der Waals surface area contributed by atoms with Crippen molar-refractivity contribution in [3.8, 4) is 33.8 Å². The molecule has 1 atom stereocenters. The molecule has 0 aliphatic carbocycles. The molecule has 0 N–H and O–H groups in total. The Labute approximate surface area is 259 Å². The highest BCUT2D eigenvalue weighted by Crippen LogP contribution is 2.25. The first kappa shape index (κ1) is 30.9. The maximum atomic E-state index is 12.7. The molecule has 7 aliphatic heterocycles. The lowest BCUT2D eigenvalue weighted by Crippen LogP contribution is -2.18. The predicted octanol–water partition coefficient (Wildman–Crippen LogP) is 8.92. The molecule has 6 heteroatoms. The molecule has 228 valence electrons. The van der Waals surface area contributed by atoms with Gasteiger partial charge in [0, 0.05) is 6.42 Å². The molecule has 44 heavy (non-hydrogen) atoms. The van der Waals surface area contributed by atoms with E-state index in [0.29, 0.717) is 30.8 Å². The molecular weight excluding hydrogens is 552 g/mol. The average Bonchev–Trinajstić information content (AvgIpc) is 3.06. The number of carbonyl (C=O) groups is 2. The first-order chi connectivity index (χ1) is 21.5. The zero-order chi connectivity index (χ0) is 30.6. The van der Waals surface area contributed by atoms with E-state index in [2.05, 4.69) is 0 Å². The summed E-state index contributed by atoms with van der Waals surface area (Å²) < 4.78 is 22.9. The molecule has 6 nitrogen and oxygen atoms in total. The fourth-order valence-corrected chi connectivity index (χ4v) is 5.09. The lowest BCUT2D eigenvalue weighted by atomic mass is 10.0. The minimum absolute atomic E-state index is 0.148. The third kappa shape index (κ3) is 8.96. The zero-order valence-electron chi connectivity index (χ0n) is 25.3. The molecule has 0 saturated carbocycles. The number of carbonyl (C=O) groups excluding carboxylic acids is 2. The second-order valence-electron chi connectivity index (χ2n) is 11.2. The number of benzene rings is 4. The first-order valence-corrected chi connectivity index (χ1v) is 15.6. The van der Waals surface area contributed by atoms with E-state index in [0.717, 1.165) is 59.4 Å². The summed E-state index contributed by atoms with van der Waals surface area (Å²) in [6.45, 7) is 3.36. The Morgan fingerprint density at radius 2 is 0.795 bits per heavy atom. The third-order valence-corrected chi connectivity index (χ3v) is 7.76. The fourth-order valence-electron chi connectivity index (χ4n) is 5.09. The molecule has 7 aliphatic rings. The molecule has 0 amide bonds. The second-order valence-corrected chi connectivity index (χ2v) is 11.2. The van der Waals surface area contributed by atoms with Gasteiger partial charge in [-0.3, -0.25) is 0 Å². The number of rotatable bonds is 0. The molecule has 0 saturated heterocycles. The van der Waals surface area contributed by atoms with Crippen LogP contribution in [0.5, 0.6) is 11.5 Å². The summed E-state index contributed by atoms with van der Waals surface area (Å²) in [7, 11) is 0. The Hall–Kier alpha value is -4.58. The van der Waals surface area contributed by atoms with Gasteiger partial charge < -0.3 is 18.9 Å². The largest absolute Gasteiger partial charge is 0.494 e. The molecule has 4 aromatic carbocycles. The molecule has 7 heterocycles. The number of hydrogen-bond acceptors (Lipinski definition) is 6. The Morgan fingerprint density at radius 1 is 0.432 bits per heavy atom. The maximum absolute atomic E-state index is 12.7. The summed E-state index contributed by atoms with van der Waals surface area (Å²) in [6.07, 6.45) is 6.74. The molecule has 11 rings (SSSR count). The van der Waals surface area contributed by atoms with E-state index in [1.165, 1.54) is 12.8 Å². The van der Waals surface area contributed by atoms with Crippen molar-refractivity contribution in [1.29, 1.82) is 0 Å². The van der Waals surface area contributed by atoms with Gasteiger partial charge in [-0.25, -0.2) is 9.59 Å². The minimum Gasteiger partial charge on any atom is -0.494 e. The van der Waals surface area contributed by atoms with E-state index in [9.17, 15) is 9.59 Å². The minimum atomic E-state index is -0.407. The second kappa shape index (κ2) is 15.8. The molecule has 0 fully saturated rings. The van der Waals surface area contributed by atoms with E-state index in [4.69, 9.17) is 18.9 Å². The Balaban J connectivity index is 1.20. The van der Waals surface area contributed by atoms with E-state index >= 15 is 0 Å². The summed E-state index contributed by atoms with van der Waals surface area (Å²) >= 11 is 0. The summed E-state index contributed by atoms with van der Waals surface area (Å²) in [4.78, 5) is 25.3. The highest BCUT2D eigenvalue weighted by atomic mass is 16.6. The van der Waals surface area contributed by atoms with Crippen LogP contribution in [-0.2, 0) is 9.47 Å². The van der Waals surface area contributed by atoms with Crippen LogP contribution in [0.1, 0.15) is 72.6 Å². The van der Waals surface area contributed by atoms with Gasteiger partial charge in [-0.2, -0.15) is 0 Å². The van der Waals surface area contributed by atoms with Crippen LogP contribution in [0, 0.1) is 0 Å². The van der Waals surface area contributed by atoms with Crippen LogP contribution in [-0.4, -0.2) is 37.9 Å². The number of esters is 2. The van der Waals surface area contributed by atoms with Crippen LogP contribution in [0.3, 0.4) is 0 Å². The van der Waals surface area contributed by atoms with Crippen molar-refractivity contribution in [3.05, 3.63) is 108 Å². The SMILES string of the molecule is C[C@@H]1CCOC(=O)c2ccc(cc2)-c2ccc(cc2)OCCCCCCCCOc2ccc(cc2)-c2ccc(cc2)C(=O)O1. The third-order valence-electron chi connectivity index (χ3n) is 7.76.